The van der Waals surface area contributed by atoms with E-state index in [0.717, 1.165) is 5.56 Å². The van der Waals surface area contributed by atoms with Gasteiger partial charge in [-0.3, -0.25) is 14.4 Å². The van der Waals surface area contributed by atoms with Crippen LogP contribution in [-0.4, -0.2) is 75.6 Å². The van der Waals surface area contributed by atoms with Crippen LogP contribution in [0.1, 0.15) is 39.2 Å². The van der Waals surface area contributed by atoms with Crippen molar-refractivity contribution in [2.75, 3.05) is 24.6 Å². The third-order valence-electron chi connectivity index (χ3n) is 9.55. The van der Waals surface area contributed by atoms with Gasteiger partial charge in [0.25, 0.3) is 0 Å². The van der Waals surface area contributed by atoms with E-state index in [2.05, 4.69) is 13.2 Å². The molecule has 3 heterocycles. The van der Waals surface area contributed by atoms with Gasteiger partial charge in [-0.05, 0) is 43.4 Å². The number of rotatable bonds is 12. The maximum atomic E-state index is 14.7. The highest BCUT2D eigenvalue weighted by molar-refractivity contribution is 6.03. The highest BCUT2D eigenvalue weighted by Gasteiger charge is 2.79. The molecule has 0 aromatic heterocycles. The molecule has 3 aliphatic rings. The number of carbonyl (C=O) groups excluding carboxylic acids is 3. The van der Waals surface area contributed by atoms with E-state index in [1.165, 1.54) is 0 Å². The number of carbonyl (C=O) groups is 3. The SMILES string of the molecule is C=CCN(Cc1ccccc1)C(=O)C1N([C@@H](CO)C(C)C)C(=O)[C@@H]2[C@H](C(=O)N(CC=C)c3ccccc3)[C@]3(C)CCC12O3. The van der Waals surface area contributed by atoms with Crippen molar-refractivity contribution in [1.82, 2.24) is 9.80 Å². The number of ether oxygens (including phenoxy) is 1. The van der Waals surface area contributed by atoms with Gasteiger partial charge in [-0.25, -0.2) is 0 Å². The van der Waals surface area contributed by atoms with E-state index in [-0.39, 0.29) is 43.3 Å². The molecule has 5 rings (SSSR count). The molecule has 8 heteroatoms. The molecule has 1 spiro atoms. The zero-order chi connectivity index (χ0) is 30.9. The third kappa shape index (κ3) is 5.10. The molecular weight excluding hydrogens is 542 g/mol. The molecule has 228 valence electrons. The number of likely N-dealkylation sites (tertiary alicyclic amines) is 1. The molecule has 43 heavy (non-hydrogen) atoms. The Morgan fingerprint density at radius 3 is 2.23 bits per heavy atom. The van der Waals surface area contributed by atoms with Gasteiger partial charge in [0.05, 0.1) is 30.1 Å². The van der Waals surface area contributed by atoms with Crippen LogP contribution in [0.5, 0.6) is 0 Å². The molecule has 6 atom stereocenters. The minimum atomic E-state index is -1.20. The zero-order valence-corrected chi connectivity index (χ0v) is 25.4. The quantitative estimate of drug-likeness (QED) is 0.377. The first-order valence-corrected chi connectivity index (χ1v) is 15.2. The number of aliphatic hydroxyl groups excluding tert-OH is 1. The lowest BCUT2D eigenvalue weighted by Gasteiger charge is -2.40. The fraction of sp³-hybridized carbons (Fsp3) is 0.457. The summed E-state index contributed by atoms with van der Waals surface area (Å²) in [4.78, 5) is 48.8. The summed E-state index contributed by atoms with van der Waals surface area (Å²) in [5, 5.41) is 10.6. The Bertz CT molecular complexity index is 1360. The first kappa shape index (κ1) is 30.7. The summed E-state index contributed by atoms with van der Waals surface area (Å²) in [6, 6.07) is 17.4. The summed E-state index contributed by atoms with van der Waals surface area (Å²) >= 11 is 0. The Labute approximate surface area is 254 Å². The van der Waals surface area contributed by atoms with E-state index in [1.807, 2.05) is 81.4 Å². The number of hydrogen-bond donors (Lipinski definition) is 1. The summed E-state index contributed by atoms with van der Waals surface area (Å²) in [5.41, 5.74) is -0.466. The number of benzene rings is 2. The lowest BCUT2D eigenvalue weighted by Crippen LogP contribution is -2.59. The second kappa shape index (κ2) is 12.1. The highest BCUT2D eigenvalue weighted by Crippen LogP contribution is 2.64. The van der Waals surface area contributed by atoms with E-state index in [0.29, 0.717) is 25.1 Å². The normalized spacial score (nSPS) is 28.1. The van der Waals surface area contributed by atoms with Crippen LogP contribution < -0.4 is 4.90 Å². The lowest BCUT2D eigenvalue weighted by molar-refractivity contribution is -0.156. The number of anilines is 1. The first-order chi connectivity index (χ1) is 20.6. The molecule has 3 fully saturated rings. The molecule has 0 radical (unpaired) electrons. The predicted octanol–water partition coefficient (Wildman–Crippen LogP) is 4.20. The maximum Gasteiger partial charge on any atom is 0.249 e. The van der Waals surface area contributed by atoms with Gasteiger partial charge in [-0.1, -0.05) is 74.5 Å². The van der Waals surface area contributed by atoms with Crippen molar-refractivity contribution in [3.05, 3.63) is 91.5 Å². The van der Waals surface area contributed by atoms with Gasteiger partial charge < -0.3 is 24.5 Å². The van der Waals surface area contributed by atoms with Crippen LogP contribution in [0.3, 0.4) is 0 Å². The van der Waals surface area contributed by atoms with Gasteiger partial charge in [0.15, 0.2) is 0 Å². The summed E-state index contributed by atoms with van der Waals surface area (Å²) in [5.74, 6) is -2.59. The van der Waals surface area contributed by atoms with Gasteiger partial charge in [-0.15, -0.1) is 13.2 Å². The average molecular weight is 586 g/mol. The highest BCUT2D eigenvalue weighted by atomic mass is 16.5. The molecule has 1 N–H and O–H groups in total. The van der Waals surface area contributed by atoms with Crippen molar-refractivity contribution in [3.8, 4) is 0 Å². The molecule has 3 saturated heterocycles. The maximum absolute atomic E-state index is 14.7. The molecule has 2 aromatic carbocycles. The predicted molar refractivity (Wildman–Crippen MR) is 166 cm³/mol. The van der Waals surface area contributed by atoms with Crippen LogP contribution in [0, 0.1) is 17.8 Å². The van der Waals surface area contributed by atoms with E-state index >= 15 is 0 Å². The van der Waals surface area contributed by atoms with Crippen LogP contribution in [0.25, 0.3) is 0 Å². The van der Waals surface area contributed by atoms with Gasteiger partial charge in [0.1, 0.15) is 11.6 Å². The number of fused-ring (bicyclic) bond motifs is 1. The Morgan fingerprint density at radius 2 is 1.65 bits per heavy atom. The third-order valence-corrected chi connectivity index (χ3v) is 9.55. The Balaban J connectivity index is 1.60. The number of hydrogen-bond acceptors (Lipinski definition) is 5. The first-order valence-electron chi connectivity index (χ1n) is 15.2. The topological polar surface area (TPSA) is 90.4 Å². The van der Waals surface area contributed by atoms with E-state index in [1.54, 1.807) is 26.9 Å². The molecular formula is C35H43N3O5. The number of para-hydroxylation sites is 1. The molecule has 3 amide bonds. The van der Waals surface area contributed by atoms with Gasteiger partial charge >= 0.3 is 0 Å². The number of amides is 3. The Kier molecular flexibility index (Phi) is 8.63. The van der Waals surface area contributed by atoms with Gasteiger partial charge in [0.2, 0.25) is 17.7 Å². The summed E-state index contributed by atoms with van der Waals surface area (Å²) < 4.78 is 6.87. The van der Waals surface area contributed by atoms with Crippen molar-refractivity contribution in [1.29, 1.82) is 0 Å². The van der Waals surface area contributed by atoms with Gasteiger partial charge in [-0.2, -0.15) is 0 Å². The van der Waals surface area contributed by atoms with E-state index < -0.39 is 35.1 Å². The monoisotopic (exact) mass is 585 g/mol. The second-order valence-corrected chi connectivity index (χ2v) is 12.5. The largest absolute Gasteiger partial charge is 0.394 e. The summed E-state index contributed by atoms with van der Waals surface area (Å²) in [7, 11) is 0. The van der Waals surface area contributed by atoms with Gasteiger partial charge in [0, 0.05) is 25.3 Å². The molecule has 2 unspecified atom stereocenters. The minimum Gasteiger partial charge on any atom is -0.394 e. The molecule has 3 aliphatic heterocycles. The van der Waals surface area contributed by atoms with Crippen molar-refractivity contribution in [2.45, 2.75) is 63.4 Å². The van der Waals surface area contributed by atoms with Crippen molar-refractivity contribution in [3.63, 3.8) is 0 Å². The summed E-state index contributed by atoms with van der Waals surface area (Å²) in [6.45, 7) is 14.1. The van der Waals surface area contributed by atoms with Crippen molar-refractivity contribution in [2.24, 2.45) is 17.8 Å². The zero-order valence-electron chi connectivity index (χ0n) is 25.4. The minimum absolute atomic E-state index is 0.134. The van der Waals surface area contributed by atoms with Crippen LogP contribution in [0.2, 0.25) is 0 Å². The van der Waals surface area contributed by atoms with E-state index in [9.17, 15) is 19.5 Å². The Morgan fingerprint density at radius 1 is 1.02 bits per heavy atom. The molecule has 2 aromatic rings. The molecule has 0 saturated carbocycles. The fourth-order valence-corrected chi connectivity index (χ4v) is 7.59. The second-order valence-electron chi connectivity index (χ2n) is 12.5. The number of nitrogens with zero attached hydrogens (tertiary/aromatic N) is 3. The summed E-state index contributed by atoms with van der Waals surface area (Å²) in [6.07, 6.45) is 4.35. The molecule has 2 bridgehead atoms. The van der Waals surface area contributed by atoms with Crippen molar-refractivity contribution >= 4 is 23.4 Å². The Hall–Kier alpha value is -3.75. The average Bonchev–Trinajstić information content (AvgIpc) is 3.57. The van der Waals surface area contributed by atoms with E-state index in [4.69, 9.17) is 4.74 Å². The smallest absolute Gasteiger partial charge is 0.249 e. The fourth-order valence-electron chi connectivity index (χ4n) is 7.59. The van der Waals surface area contributed by atoms with Crippen molar-refractivity contribution < 1.29 is 24.2 Å². The van der Waals surface area contributed by atoms with Crippen LogP contribution in [0.4, 0.5) is 5.69 Å². The lowest BCUT2D eigenvalue weighted by atomic mass is 9.66. The number of aliphatic hydroxyl groups is 1. The molecule has 0 aliphatic carbocycles. The van der Waals surface area contributed by atoms with Crippen LogP contribution >= 0.6 is 0 Å². The van der Waals surface area contributed by atoms with Crippen LogP contribution in [0.15, 0.2) is 86.0 Å². The van der Waals surface area contributed by atoms with Crippen LogP contribution in [-0.2, 0) is 25.7 Å². The standard InChI is InChI=1S/C35H43N3O5/c1-6-20-36(22-25-14-10-8-11-15-25)33(42)30-35-19-18-34(5,43-35)28(29(35)32(41)38(30)27(23-39)24(3)4)31(40)37(21-7-2)26-16-12-9-13-17-26/h6-17,24,27-30,39H,1-2,18-23H2,3-5H3/t27-,28+,29-,30?,34-,35?/m0/s1. The molecule has 8 nitrogen and oxygen atoms in total.